The maximum atomic E-state index is 12.8. The molecule has 33 heavy (non-hydrogen) atoms. The first-order valence-corrected chi connectivity index (χ1v) is 10.2. The third-order valence-corrected chi connectivity index (χ3v) is 4.35. The Balaban J connectivity index is 2.04. The molecule has 2 amide bonds. The normalized spacial score (nSPS) is 11.0. The van der Waals surface area contributed by atoms with Crippen LogP contribution in [0.1, 0.15) is 12.8 Å². The molecule has 2 aromatic carbocycles. The van der Waals surface area contributed by atoms with E-state index in [-0.39, 0.29) is 37.8 Å². The van der Waals surface area contributed by atoms with Crippen LogP contribution in [0.3, 0.4) is 0 Å². The first-order chi connectivity index (χ1) is 15.9. The molecule has 0 saturated carbocycles. The first-order valence-electron chi connectivity index (χ1n) is 10.2. The first kappa shape index (κ1) is 25.0. The zero-order chi connectivity index (χ0) is 24.1. The van der Waals surface area contributed by atoms with Crippen molar-refractivity contribution in [2.75, 3.05) is 19.6 Å². The standard InChI is InChI=1S/C22H27N5O6/c23-20(24)25-13-7-12-18(19(28)29)27(22(31)33-17-10-5-2-6-11-17)15-14-26-21(30)32-16-8-3-1-4-9-16/h1-6,8-11,18H,7,12-15H2,(H,26,30)(H,28,29)(H4,23,24,25). The van der Waals surface area contributed by atoms with Crippen molar-refractivity contribution >= 4 is 24.1 Å². The molecule has 0 bridgehead atoms. The van der Waals surface area contributed by atoms with E-state index in [4.69, 9.17) is 20.9 Å². The number of nitrogens with one attached hydrogen (secondary N) is 1. The zero-order valence-electron chi connectivity index (χ0n) is 17.9. The highest BCUT2D eigenvalue weighted by Crippen LogP contribution is 2.15. The number of guanidine groups is 1. The summed E-state index contributed by atoms with van der Waals surface area (Å²) in [5.74, 6) is -0.730. The monoisotopic (exact) mass is 457 g/mol. The Morgan fingerprint density at radius 1 is 0.970 bits per heavy atom. The van der Waals surface area contributed by atoms with Gasteiger partial charge < -0.3 is 31.4 Å². The van der Waals surface area contributed by atoms with Gasteiger partial charge in [-0.05, 0) is 37.1 Å². The molecule has 0 saturated heterocycles. The second kappa shape index (κ2) is 13.2. The molecule has 0 aliphatic rings. The summed E-state index contributed by atoms with van der Waals surface area (Å²) in [5, 5.41) is 12.2. The molecule has 11 heteroatoms. The molecule has 0 heterocycles. The van der Waals surface area contributed by atoms with E-state index in [0.29, 0.717) is 12.2 Å². The molecule has 0 radical (unpaired) electrons. The van der Waals surface area contributed by atoms with Gasteiger partial charge in [0.2, 0.25) is 0 Å². The van der Waals surface area contributed by atoms with Crippen LogP contribution in [0.25, 0.3) is 0 Å². The van der Waals surface area contributed by atoms with Gasteiger partial charge in [0, 0.05) is 19.6 Å². The number of benzene rings is 2. The van der Waals surface area contributed by atoms with Crippen molar-refractivity contribution in [2.24, 2.45) is 16.5 Å². The lowest BCUT2D eigenvalue weighted by molar-refractivity contribution is -0.142. The number of ether oxygens (including phenoxy) is 2. The number of nitrogens with zero attached hydrogens (tertiary/aromatic N) is 2. The number of hydrogen-bond acceptors (Lipinski definition) is 6. The molecule has 2 aromatic rings. The molecule has 2 rings (SSSR count). The van der Waals surface area contributed by atoms with Crippen LogP contribution in [0, 0.1) is 0 Å². The lowest BCUT2D eigenvalue weighted by atomic mass is 10.1. The molecule has 0 aliphatic heterocycles. The lowest BCUT2D eigenvalue weighted by Gasteiger charge is -2.28. The van der Waals surface area contributed by atoms with Crippen molar-refractivity contribution in [1.29, 1.82) is 0 Å². The highest BCUT2D eigenvalue weighted by molar-refractivity contribution is 5.81. The van der Waals surface area contributed by atoms with Crippen LogP contribution in [0.2, 0.25) is 0 Å². The third-order valence-electron chi connectivity index (χ3n) is 4.35. The number of carbonyl (C=O) groups excluding carboxylic acids is 2. The minimum Gasteiger partial charge on any atom is -0.480 e. The molecule has 176 valence electrons. The van der Waals surface area contributed by atoms with Crippen LogP contribution < -0.4 is 26.3 Å². The van der Waals surface area contributed by atoms with E-state index >= 15 is 0 Å². The molecule has 1 atom stereocenters. The fraction of sp³-hybridized carbons (Fsp3) is 0.273. The van der Waals surface area contributed by atoms with Gasteiger partial charge in [0.1, 0.15) is 17.5 Å². The second-order valence-corrected chi connectivity index (χ2v) is 6.81. The van der Waals surface area contributed by atoms with Crippen molar-refractivity contribution in [3.63, 3.8) is 0 Å². The Kier molecular flexibility index (Phi) is 9.99. The number of carboxylic acids is 1. The number of rotatable bonds is 11. The van der Waals surface area contributed by atoms with Gasteiger partial charge in [-0.1, -0.05) is 36.4 Å². The van der Waals surface area contributed by atoms with Crippen LogP contribution in [0.5, 0.6) is 11.5 Å². The van der Waals surface area contributed by atoms with E-state index in [1.54, 1.807) is 60.7 Å². The number of nitrogens with two attached hydrogens (primary N) is 2. The summed E-state index contributed by atoms with van der Waals surface area (Å²) < 4.78 is 10.4. The second-order valence-electron chi connectivity index (χ2n) is 6.81. The summed E-state index contributed by atoms with van der Waals surface area (Å²) in [6, 6.07) is 15.5. The third kappa shape index (κ3) is 9.17. The number of aliphatic imine (C=N–C) groups is 1. The van der Waals surface area contributed by atoms with Crippen molar-refractivity contribution in [1.82, 2.24) is 10.2 Å². The number of amides is 2. The number of aliphatic carboxylic acids is 1. The predicted octanol–water partition coefficient (Wildman–Crippen LogP) is 1.78. The predicted molar refractivity (Wildman–Crippen MR) is 121 cm³/mol. The highest BCUT2D eigenvalue weighted by Gasteiger charge is 2.30. The fourth-order valence-corrected chi connectivity index (χ4v) is 2.84. The largest absolute Gasteiger partial charge is 0.480 e. The van der Waals surface area contributed by atoms with Crippen molar-refractivity contribution < 1.29 is 29.0 Å². The van der Waals surface area contributed by atoms with Crippen molar-refractivity contribution in [2.45, 2.75) is 18.9 Å². The summed E-state index contributed by atoms with van der Waals surface area (Å²) in [4.78, 5) is 41.6. The molecule has 11 nitrogen and oxygen atoms in total. The van der Waals surface area contributed by atoms with Gasteiger partial charge >= 0.3 is 18.2 Å². The van der Waals surface area contributed by atoms with E-state index in [0.717, 1.165) is 4.90 Å². The van der Waals surface area contributed by atoms with Crippen molar-refractivity contribution in [3.8, 4) is 11.5 Å². The minimum absolute atomic E-state index is 0.0623. The number of para-hydroxylation sites is 2. The van der Waals surface area contributed by atoms with E-state index in [2.05, 4.69) is 10.3 Å². The summed E-state index contributed by atoms with van der Waals surface area (Å²) in [7, 11) is 0. The van der Waals surface area contributed by atoms with Gasteiger partial charge in [-0.2, -0.15) is 0 Å². The van der Waals surface area contributed by atoms with Gasteiger partial charge in [-0.25, -0.2) is 14.4 Å². The molecular formula is C22H27N5O6. The lowest BCUT2D eigenvalue weighted by Crippen LogP contribution is -2.49. The van der Waals surface area contributed by atoms with E-state index < -0.39 is 24.2 Å². The Morgan fingerprint density at radius 3 is 2.09 bits per heavy atom. The van der Waals surface area contributed by atoms with Crippen LogP contribution in [-0.2, 0) is 4.79 Å². The van der Waals surface area contributed by atoms with Crippen LogP contribution >= 0.6 is 0 Å². The quantitative estimate of drug-likeness (QED) is 0.225. The Labute approximate surface area is 191 Å². The minimum atomic E-state index is -1.23. The Bertz CT molecular complexity index is 935. The van der Waals surface area contributed by atoms with Crippen molar-refractivity contribution in [3.05, 3.63) is 60.7 Å². The fourth-order valence-electron chi connectivity index (χ4n) is 2.84. The molecule has 0 fully saturated rings. The van der Waals surface area contributed by atoms with Crippen LogP contribution in [-0.4, -0.2) is 59.8 Å². The van der Waals surface area contributed by atoms with Crippen LogP contribution in [0.4, 0.5) is 9.59 Å². The average Bonchev–Trinajstić information content (AvgIpc) is 2.78. The van der Waals surface area contributed by atoms with E-state index in [1.165, 1.54) is 0 Å². The molecule has 6 N–H and O–H groups in total. The SMILES string of the molecule is NC(N)=NCCCC(C(=O)O)N(CCNC(=O)Oc1ccccc1)C(=O)Oc1ccccc1. The number of carbonyl (C=O) groups is 3. The van der Waals surface area contributed by atoms with Gasteiger partial charge in [-0.3, -0.25) is 9.89 Å². The van der Waals surface area contributed by atoms with E-state index in [1.807, 2.05) is 0 Å². The summed E-state index contributed by atoms with van der Waals surface area (Å²) >= 11 is 0. The number of hydrogen-bond donors (Lipinski definition) is 4. The molecule has 0 aromatic heterocycles. The Hall–Kier alpha value is -4.28. The van der Waals surface area contributed by atoms with Crippen LogP contribution in [0.15, 0.2) is 65.7 Å². The smallest absolute Gasteiger partial charge is 0.416 e. The maximum absolute atomic E-state index is 12.8. The van der Waals surface area contributed by atoms with E-state index in [9.17, 15) is 19.5 Å². The van der Waals surface area contributed by atoms with Gasteiger partial charge in [0.15, 0.2) is 5.96 Å². The van der Waals surface area contributed by atoms with Gasteiger partial charge in [0.05, 0.1) is 0 Å². The average molecular weight is 457 g/mol. The summed E-state index contributed by atoms with van der Waals surface area (Å²) in [6.45, 7) is 0.0113. The topological polar surface area (TPSA) is 170 Å². The molecule has 0 spiro atoms. The highest BCUT2D eigenvalue weighted by atomic mass is 16.6. The molecular weight excluding hydrogens is 430 g/mol. The molecule has 0 aliphatic carbocycles. The summed E-state index contributed by atoms with van der Waals surface area (Å²) in [5.41, 5.74) is 10.6. The zero-order valence-corrected chi connectivity index (χ0v) is 17.9. The summed E-state index contributed by atoms with van der Waals surface area (Å²) in [6.07, 6.45) is -1.22. The van der Waals surface area contributed by atoms with Gasteiger partial charge in [-0.15, -0.1) is 0 Å². The molecule has 1 unspecified atom stereocenters. The maximum Gasteiger partial charge on any atom is 0.416 e. The van der Waals surface area contributed by atoms with Gasteiger partial charge in [0.25, 0.3) is 0 Å². The Morgan fingerprint density at radius 2 is 1.55 bits per heavy atom. The number of carboxylic acid groups (broad SMARTS) is 1.